The van der Waals surface area contributed by atoms with E-state index in [1.807, 2.05) is 17.0 Å². The standard InChI is InChI=1S/C14H18N6O/c1-2-10-3-5-15-12(7-10)14(21)20-6-4-11(9-20)8-13-16-18-19-17-13/h3,5,7,11H,2,4,6,8-9H2,1H3,(H,16,17,18,19). The van der Waals surface area contributed by atoms with Crippen molar-refractivity contribution in [2.24, 2.45) is 5.92 Å². The quantitative estimate of drug-likeness (QED) is 0.900. The van der Waals surface area contributed by atoms with Crippen molar-refractivity contribution in [2.45, 2.75) is 26.2 Å². The SMILES string of the molecule is CCc1ccnc(C(=O)N2CCC(Cc3nn[nH]n3)C2)c1. The zero-order chi connectivity index (χ0) is 14.7. The van der Waals surface area contributed by atoms with E-state index in [-0.39, 0.29) is 5.91 Å². The summed E-state index contributed by atoms with van der Waals surface area (Å²) in [5, 5.41) is 13.9. The number of carbonyl (C=O) groups excluding carboxylic acids is 1. The van der Waals surface area contributed by atoms with Crippen LogP contribution in [-0.2, 0) is 12.8 Å². The minimum absolute atomic E-state index is 0.0147. The number of aromatic nitrogens is 5. The van der Waals surface area contributed by atoms with E-state index in [0.29, 0.717) is 17.4 Å². The molecule has 1 unspecified atom stereocenters. The van der Waals surface area contributed by atoms with Crippen LogP contribution in [0.3, 0.4) is 0 Å². The maximum Gasteiger partial charge on any atom is 0.272 e. The first-order valence-electron chi connectivity index (χ1n) is 7.22. The monoisotopic (exact) mass is 286 g/mol. The van der Waals surface area contributed by atoms with Gasteiger partial charge in [0.25, 0.3) is 5.91 Å². The van der Waals surface area contributed by atoms with E-state index in [9.17, 15) is 4.79 Å². The fourth-order valence-electron chi connectivity index (χ4n) is 2.68. The normalized spacial score (nSPS) is 18.1. The molecule has 1 atom stereocenters. The Hall–Kier alpha value is -2.31. The number of likely N-dealkylation sites (tertiary alicyclic amines) is 1. The van der Waals surface area contributed by atoms with Crippen LogP contribution in [0, 0.1) is 5.92 Å². The van der Waals surface area contributed by atoms with Crippen molar-refractivity contribution in [2.75, 3.05) is 13.1 Å². The van der Waals surface area contributed by atoms with Gasteiger partial charge in [0, 0.05) is 25.7 Å². The third-order valence-corrected chi connectivity index (χ3v) is 3.89. The van der Waals surface area contributed by atoms with Crippen LogP contribution < -0.4 is 0 Å². The highest BCUT2D eigenvalue weighted by atomic mass is 16.2. The Morgan fingerprint density at radius 2 is 2.43 bits per heavy atom. The zero-order valence-electron chi connectivity index (χ0n) is 12.0. The number of pyridine rings is 1. The molecule has 1 amide bonds. The molecule has 0 aromatic carbocycles. The van der Waals surface area contributed by atoms with E-state index in [0.717, 1.165) is 37.9 Å². The number of rotatable bonds is 4. The van der Waals surface area contributed by atoms with Gasteiger partial charge in [0.05, 0.1) is 0 Å². The molecule has 21 heavy (non-hydrogen) atoms. The molecule has 7 nitrogen and oxygen atoms in total. The van der Waals surface area contributed by atoms with Crippen molar-refractivity contribution in [3.05, 3.63) is 35.4 Å². The number of hydrogen-bond acceptors (Lipinski definition) is 5. The summed E-state index contributed by atoms with van der Waals surface area (Å²) in [6, 6.07) is 3.83. The Bertz CT molecular complexity index is 612. The highest BCUT2D eigenvalue weighted by Gasteiger charge is 2.28. The second kappa shape index (κ2) is 5.99. The molecule has 7 heteroatoms. The molecule has 110 valence electrons. The van der Waals surface area contributed by atoms with E-state index in [4.69, 9.17) is 0 Å². The summed E-state index contributed by atoms with van der Waals surface area (Å²) in [7, 11) is 0. The van der Waals surface area contributed by atoms with E-state index in [1.165, 1.54) is 0 Å². The molecule has 2 aromatic heterocycles. The Kier molecular flexibility index (Phi) is 3.89. The third kappa shape index (κ3) is 3.07. The molecule has 0 radical (unpaired) electrons. The van der Waals surface area contributed by atoms with Gasteiger partial charge in [-0.15, -0.1) is 10.2 Å². The molecule has 0 saturated carbocycles. The van der Waals surface area contributed by atoms with Crippen molar-refractivity contribution in [1.29, 1.82) is 0 Å². The number of tetrazole rings is 1. The highest BCUT2D eigenvalue weighted by Crippen LogP contribution is 2.21. The molecule has 0 spiro atoms. The summed E-state index contributed by atoms with van der Waals surface area (Å²) >= 11 is 0. The molecule has 1 aliphatic heterocycles. The van der Waals surface area contributed by atoms with Crippen LogP contribution in [0.25, 0.3) is 0 Å². The molecular weight excluding hydrogens is 268 g/mol. The molecule has 1 aliphatic rings. The average molecular weight is 286 g/mol. The number of amides is 1. The first-order chi connectivity index (χ1) is 10.3. The highest BCUT2D eigenvalue weighted by molar-refractivity contribution is 5.92. The van der Waals surface area contributed by atoms with Crippen molar-refractivity contribution in [1.82, 2.24) is 30.5 Å². The second-order valence-electron chi connectivity index (χ2n) is 5.34. The lowest BCUT2D eigenvalue weighted by atomic mass is 10.1. The zero-order valence-corrected chi connectivity index (χ0v) is 12.0. The van der Waals surface area contributed by atoms with E-state index < -0.39 is 0 Å². The molecule has 3 heterocycles. The smallest absolute Gasteiger partial charge is 0.272 e. The van der Waals surface area contributed by atoms with Gasteiger partial charge in [-0.2, -0.15) is 5.21 Å². The predicted octanol–water partition coefficient (Wildman–Crippen LogP) is 0.862. The van der Waals surface area contributed by atoms with Crippen LogP contribution in [0.5, 0.6) is 0 Å². The van der Waals surface area contributed by atoms with Crippen molar-refractivity contribution in [3.63, 3.8) is 0 Å². The van der Waals surface area contributed by atoms with Crippen LogP contribution in [0.2, 0.25) is 0 Å². The number of aromatic amines is 1. The number of carbonyl (C=O) groups is 1. The van der Waals surface area contributed by atoms with Gasteiger partial charge < -0.3 is 4.90 Å². The topological polar surface area (TPSA) is 87.7 Å². The Morgan fingerprint density at radius 1 is 1.52 bits per heavy atom. The van der Waals surface area contributed by atoms with Crippen LogP contribution in [-0.4, -0.2) is 49.5 Å². The molecule has 3 rings (SSSR count). The van der Waals surface area contributed by atoms with Crippen molar-refractivity contribution < 1.29 is 4.79 Å². The summed E-state index contributed by atoms with van der Waals surface area (Å²) < 4.78 is 0. The van der Waals surface area contributed by atoms with Crippen LogP contribution in [0.4, 0.5) is 0 Å². The first kappa shape index (κ1) is 13.7. The van der Waals surface area contributed by atoms with E-state index in [1.54, 1.807) is 6.20 Å². The minimum atomic E-state index is 0.0147. The molecule has 1 saturated heterocycles. The lowest BCUT2D eigenvalue weighted by Gasteiger charge is -2.16. The average Bonchev–Trinajstić information content (AvgIpc) is 3.19. The van der Waals surface area contributed by atoms with Crippen molar-refractivity contribution >= 4 is 5.91 Å². The molecular formula is C14H18N6O. The summed E-state index contributed by atoms with van der Waals surface area (Å²) in [6.45, 7) is 3.56. The fourth-order valence-corrected chi connectivity index (χ4v) is 2.68. The second-order valence-corrected chi connectivity index (χ2v) is 5.34. The van der Waals surface area contributed by atoms with Gasteiger partial charge in [-0.05, 0) is 36.5 Å². The number of nitrogens with zero attached hydrogens (tertiary/aromatic N) is 5. The summed E-state index contributed by atoms with van der Waals surface area (Å²) in [6.07, 6.45) is 4.33. The number of aryl methyl sites for hydroxylation is 1. The van der Waals surface area contributed by atoms with E-state index in [2.05, 4.69) is 32.5 Å². The van der Waals surface area contributed by atoms with Gasteiger partial charge >= 0.3 is 0 Å². The summed E-state index contributed by atoms with van der Waals surface area (Å²) in [5.41, 5.74) is 1.67. The van der Waals surface area contributed by atoms with Gasteiger partial charge in [-0.1, -0.05) is 12.1 Å². The van der Waals surface area contributed by atoms with Crippen molar-refractivity contribution in [3.8, 4) is 0 Å². The molecule has 2 aromatic rings. The molecule has 1 fully saturated rings. The first-order valence-corrected chi connectivity index (χ1v) is 7.22. The summed E-state index contributed by atoms with van der Waals surface area (Å²) in [5.74, 6) is 1.11. The summed E-state index contributed by atoms with van der Waals surface area (Å²) in [4.78, 5) is 18.5. The van der Waals surface area contributed by atoms with Gasteiger partial charge in [0.2, 0.25) is 0 Å². The molecule has 1 N–H and O–H groups in total. The van der Waals surface area contributed by atoms with Crippen LogP contribution in [0.15, 0.2) is 18.3 Å². The maximum absolute atomic E-state index is 12.5. The number of H-pyrrole nitrogens is 1. The lowest BCUT2D eigenvalue weighted by Crippen LogP contribution is -2.29. The molecule has 0 bridgehead atoms. The number of nitrogens with one attached hydrogen (secondary N) is 1. The third-order valence-electron chi connectivity index (χ3n) is 3.89. The van der Waals surface area contributed by atoms with Gasteiger partial charge in [-0.25, -0.2) is 0 Å². The van der Waals surface area contributed by atoms with Crippen LogP contribution >= 0.6 is 0 Å². The number of hydrogen-bond donors (Lipinski definition) is 1. The van der Waals surface area contributed by atoms with Crippen LogP contribution in [0.1, 0.15) is 35.2 Å². The van der Waals surface area contributed by atoms with Gasteiger partial charge in [-0.3, -0.25) is 9.78 Å². The van der Waals surface area contributed by atoms with Gasteiger partial charge in [0.1, 0.15) is 5.69 Å². The predicted molar refractivity (Wildman–Crippen MR) is 75.5 cm³/mol. The largest absolute Gasteiger partial charge is 0.337 e. The van der Waals surface area contributed by atoms with Gasteiger partial charge in [0.15, 0.2) is 5.82 Å². The van der Waals surface area contributed by atoms with E-state index >= 15 is 0 Å². The Balaban J connectivity index is 1.63. The maximum atomic E-state index is 12.5. The fraction of sp³-hybridized carbons (Fsp3) is 0.500. The lowest BCUT2D eigenvalue weighted by molar-refractivity contribution is 0.0781. The Morgan fingerprint density at radius 3 is 3.19 bits per heavy atom. The molecule has 0 aliphatic carbocycles. The minimum Gasteiger partial charge on any atom is -0.337 e. The Labute approximate surface area is 122 Å².